The van der Waals surface area contributed by atoms with E-state index in [0.717, 1.165) is 18.2 Å². The number of nitrogens with one attached hydrogen (secondary N) is 1. The zero-order valence-corrected chi connectivity index (χ0v) is 13.0. The summed E-state index contributed by atoms with van der Waals surface area (Å²) in [7, 11) is -7.25. The molecule has 1 saturated heterocycles. The molecule has 1 aromatic carbocycles. The molecule has 1 fully saturated rings. The van der Waals surface area contributed by atoms with Gasteiger partial charge in [0.1, 0.15) is 5.82 Å². The highest BCUT2D eigenvalue weighted by Gasteiger charge is 2.41. The minimum Gasteiger partial charge on any atom is -0.392 e. The molecule has 6 nitrogen and oxygen atoms in total. The van der Waals surface area contributed by atoms with Crippen LogP contribution in [0.1, 0.15) is 18.9 Å². The van der Waals surface area contributed by atoms with Crippen LogP contribution in [0.3, 0.4) is 0 Å². The number of benzene rings is 1. The van der Waals surface area contributed by atoms with E-state index in [1.165, 1.54) is 6.92 Å². The van der Waals surface area contributed by atoms with Crippen molar-refractivity contribution in [3.05, 3.63) is 29.6 Å². The fourth-order valence-corrected chi connectivity index (χ4v) is 5.98. The molecule has 1 unspecified atom stereocenters. The molecule has 2 N–H and O–H groups in total. The second-order valence-corrected chi connectivity index (χ2v) is 9.29. The van der Waals surface area contributed by atoms with Crippen LogP contribution in [-0.2, 0) is 26.5 Å². The van der Waals surface area contributed by atoms with E-state index in [9.17, 15) is 21.2 Å². The molecule has 9 heteroatoms. The molecule has 1 aliphatic heterocycles. The zero-order valence-electron chi connectivity index (χ0n) is 11.3. The number of rotatable bonds is 4. The first kappa shape index (κ1) is 16.3. The molecule has 0 aromatic heterocycles. The summed E-state index contributed by atoms with van der Waals surface area (Å²) in [5.41, 5.74) is -1.21. The lowest BCUT2D eigenvalue weighted by Gasteiger charge is -2.23. The minimum atomic E-state index is -3.99. The topological polar surface area (TPSA) is 101 Å². The molecule has 1 heterocycles. The molecule has 0 radical (unpaired) electrons. The highest BCUT2D eigenvalue weighted by Crippen LogP contribution is 2.25. The van der Waals surface area contributed by atoms with Gasteiger partial charge >= 0.3 is 0 Å². The smallest absolute Gasteiger partial charge is 0.241 e. The quantitative estimate of drug-likeness (QED) is 0.816. The van der Waals surface area contributed by atoms with E-state index in [2.05, 4.69) is 4.72 Å². The Morgan fingerprint density at radius 2 is 2.10 bits per heavy atom. The summed E-state index contributed by atoms with van der Waals surface area (Å²) in [6, 6.07) is 3.06. The third-order valence-electron chi connectivity index (χ3n) is 3.38. The average molecular weight is 337 g/mol. The van der Waals surface area contributed by atoms with Crippen molar-refractivity contribution in [2.45, 2.75) is 30.4 Å². The summed E-state index contributed by atoms with van der Waals surface area (Å²) in [4.78, 5) is -0.210. The Hall–Kier alpha value is -1.03. The summed E-state index contributed by atoms with van der Waals surface area (Å²) in [5.74, 6) is -1.05. The summed E-state index contributed by atoms with van der Waals surface area (Å²) < 4.78 is 63.2. The molecular weight excluding hydrogens is 321 g/mol. The Bertz CT molecular complexity index is 760. The Morgan fingerprint density at radius 3 is 2.62 bits per heavy atom. The van der Waals surface area contributed by atoms with Gasteiger partial charge in [-0.3, -0.25) is 0 Å². The van der Waals surface area contributed by atoms with E-state index < -0.39 is 37.8 Å². The van der Waals surface area contributed by atoms with E-state index in [4.69, 9.17) is 5.11 Å². The second kappa shape index (κ2) is 5.31. The third kappa shape index (κ3) is 3.60. The zero-order chi connectivity index (χ0) is 15.9. The van der Waals surface area contributed by atoms with E-state index in [1.54, 1.807) is 0 Å². The molecule has 1 aliphatic rings. The van der Waals surface area contributed by atoms with Gasteiger partial charge in [-0.2, -0.15) is 0 Å². The van der Waals surface area contributed by atoms with E-state index >= 15 is 0 Å². The van der Waals surface area contributed by atoms with Crippen LogP contribution in [-0.4, -0.2) is 39.0 Å². The van der Waals surface area contributed by atoms with Crippen molar-refractivity contribution in [1.29, 1.82) is 0 Å². The summed E-state index contributed by atoms with van der Waals surface area (Å²) in [6.07, 6.45) is 0.183. The first-order chi connectivity index (χ1) is 9.57. The Kier molecular flexibility index (Phi) is 4.13. The molecule has 0 saturated carbocycles. The van der Waals surface area contributed by atoms with Gasteiger partial charge in [0.05, 0.1) is 23.0 Å². The normalized spacial score (nSPS) is 25.1. The number of halogens is 1. The van der Waals surface area contributed by atoms with E-state index in [0.29, 0.717) is 0 Å². The molecule has 0 bridgehead atoms. The fourth-order valence-electron chi connectivity index (χ4n) is 2.31. The van der Waals surface area contributed by atoms with Gasteiger partial charge in [0.2, 0.25) is 10.0 Å². The van der Waals surface area contributed by atoms with Gasteiger partial charge < -0.3 is 5.11 Å². The summed E-state index contributed by atoms with van der Waals surface area (Å²) in [5, 5.41) is 8.98. The van der Waals surface area contributed by atoms with Crippen LogP contribution < -0.4 is 4.72 Å². The van der Waals surface area contributed by atoms with Gasteiger partial charge in [-0.1, -0.05) is 0 Å². The second-order valence-electron chi connectivity index (χ2n) is 5.42. The number of sulfonamides is 1. The van der Waals surface area contributed by atoms with Crippen LogP contribution in [0, 0.1) is 5.82 Å². The third-order valence-corrected chi connectivity index (χ3v) is 6.92. The largest absolute Gasteiger partial charge is 0.392 e. The number of aliphatic hydroxyl groups is 1. The van der Waals surface area contributed by atoms with E-state index in [-0.39, 0.29) is 28.4 Å². The molecule has 2 rings (SSSR count). The van der Waals surface area contributed by atoms with Crippen LogP contribution in [0.4, 0.5) is 4.39 Å². The van der Waals surface area contributed by atoms with Crippen molar-refractivity contribution >= 4 is 19.9 Å². The van der Waals surface area contributed by atoms with E-state index in [1.807, 2.05) is 0 Å². The Morgan fingerprint density at radius 1 is 1.43 bits per heavy atom. The molecule has 1 atom stereocenters. The van der Waals surface area contributed by atoms with Gasteiger partial charge in [-0.15, -0.1) is 0 Å². The Balaban J connectivity index is 2.31. The van der Waals surface area contributed by atoms with Crippen LogP contribution >= 0.6 is 0 Å². The van der Waals surface area contributed by atoms with Crippen LogP contribution in [0.5, 0.6) is 0 Å². The number of aliphatic hydroxyl groups excluding tert-OH is 1. The molecular formula is C12H16FNO5S2. The van der Waals surface area contributed by atoms with Crippen LogP contribution in [0.2, 0.25) is 0 Å². The van der Waals surface area contributed by atoms with Crippen molar-refractivity contribution in [3.8, 4) is 0 Å². The van der Waals surface area contributed by atoms with Gasteiger partial charge in [-0.25, -0.2) is 25.9 Å². The molecule has 0 amide bonds. The number of hydrogen-bond donors (Lipinski definition) is 2. The van der Waals surface area contributed by atoms with Gasteiger partial charge in [0.15, 0.2) is 9.84 Å². The number of sulfone groups is 1. The molecule has 0 spiro atoms. The standard InChI is InChI=1S/C12H16FNO5S2/c1-12(4-5-20(16,17)8-12)14-21(18,19)10-2-3-11(13)9(6-10)7-15/h2-3,6,14-15H,4-5,7-8H2,1H3. The maximum Gasteiger partial charge on any atom is 0.241 e. The lowest BCUT2D eigenvalue weighted by atomic mass is 10.0. The SMILES string of the molecule is CC1(NS(=O)(=O)c2ccc(F)c(CO)c2)CCS(=O)(=O)C1. The van der Waals surface area contributed by atoms with Gasteiger partial charge in [0, 0.05) is 11.1 Å². The maximum absolute atomic E-state index is 13.3. The maximum atomic E-state index is 13.3. The van der Waals surface area contributed by atoms with Crippen molar-refractivity contribution in [2.75, 3.05) is 11.5 Å². The first-order valence-electron chi connectivity index (χ1n) is 6.21. The average Bonchev–Trinajstić information content (AvgIpc) is 2.62. The van der Waals surface area contributed by atoms with Crippen LogP contribution in [0.15, 0.2) is 23.1 Å². The van der Waals surface area contributed by atoms with Crippen molar-refractivity contribution in [3.63, 3.8) is 0 Å². The van der Waals surface area contributed by atoms with Gasteiger partial charge in [0.25, 0.3) is 0 Å². The minimum absolute atomic E-state index is 0.0721. The fraction of sp³-hybridized carbons (Fsp3) is 0.500. The predicted octanol–water partition coefficient (Wildman–Crippen LogP) is 0.174. The van der Waals surface area contributed by atoms with Gasteiger partial charge in [-0.05, 0) is 31.5 Å². The Labute approximate surface area is 123 Å². The molecule has 1 aromatic rings. The molecule has 21 heavy (non-hydrogen) atoms. The predicted molar refractivity (Wildman–Crippen MR) is 74.3 cm³/mol. The monoisotopic (exact) mass is 337 g/mol. The van der Waals surface area contributed by atoms with Crippen LogP contribution in [0.25, 0.3) is 0 Å². The van der Waals surface area contributed by atoms with Crippen molar-refractivity contribution < 1.29 is 26.3 Å². The molecule has 118 valence electrons. The lowest BCUT2D eigenvalue weighted by Crippen LogP contribution is -2.46. The highest BCUT2D eigenvalue weighted by atomic mass is 32.2. The summed E-state index contributed by atoms with van der Waals surface area (Å²) in [6.45, 7) is 0.895. The number of hydrogen-bond acceptors (Lipinski definition) is 5. The van der Waals surface area contributed by atoms with Crippen molar-refractivity contribution in [1.82, 2.24) is 4.72 Å². The first-order valence-corrected chi connectivity index (χ1v) is 9.51. The summed E-state index contributed by atoms with van der Waals surface area (Å²) >= 11 is 0. The lowest BCUT2D eigenvalue weighted by molar-refractivity contribution is 0.275. The highest BCUT2D eigenvalue weighted by molar-refractivity contribution is 7.92. The molecule has 0 aliphatic carbocycles. The van der Waals surface area contributed by atoms with Crippen molar-refractivity contribution in [2.24, 2.45) is 0 Å².